The van der Waals surface area contributed by atoms with E-state index in [9.17, 15) is 8.42 Å². The maximum atomic E-state index is 12.1. The third-order valence-corrected chi connectivity index (χ3v) is 4.42. The van der Waals surface area contributed by atoms with Crippen molar-refractivity contribution in [3.63, 3.8) is 0 Å². The Bertz CT molecular complexity index is 771. The minimum atomic E-state index is -3.60. The monoisotopic (exact) mass is 332 g/mol. The number of rotatable bonds is 5. The van der Waals surface area contributed by atoms with Crippen LogP contribution in [0.4, 0.5) is 0 Å². The standard InChI is InChI=1S/C15H13BN2O2S.2H2O/c16-14-6-4-12(5-7-14)8-9-18-21(19,20)15-3-1-2-13(10-15)11-17;;/h1-7,10,18H,8-9H2;2*1H2. The van der Waals surface area contributed by atoms with Gasteiger partial charge >= 0.3 is 0 Å². The fourth-order valence-corrected chi connectivity index (χ4v) is 2.91. The molecule has 0 spiro atoms. The summed E-state index contributed by atoms with van der Waals surface area (Å²) in [5, 5.41) is 8.80. The topological polar surface area (TPSA) is 133 Å². The fraction of sp³-hybridized carbons (Fsp3) is 0.133. The highest BCUT2D eigenvalue weighted by molar-refractivity contribution is 7.89. The van der Waals surface area contributed by atoms with Gasteiger partial charge in [0, 0.05) is 6.54 Å². The molecule has 0 atom stereocenters. The lowest BCUT2D eigenvalue weighted by atomic mass is 9.95. The molecule has 5 N–H and O–H groups in total. The van der Waals surface area contributed by atoms with Crippen molar-refractivity contribution in [2.24, 2.45) is 0 Å². The zero-order chi connectivity index (χ0) is 15.3. The van der Waals surface area contributed by atoms with E-state index >= 15 is 0 Å². The molecule has 0 aliphatic heterocycles. The molecule has 23 heavy (non-hydrogen) atoms. The molecule has 0 bridgehead atoms. The molecule has 2 aromatic carbocycles. The smallest absolute Gasteiger partial charge is 0.240 e. The lowest BCUT2D eigenvalue weighted by molar-refractivity contribution is 0.581. The van der Waals surface area contributed by atoms with Crippen molar-refractivity contribution in [2.75, 3.05) is 6.54 Å². The minimum Gasteiger partial charge on any atom is -0.412 e. The maximum absolute atomic E-state index is 12.1. The van der Waals surface area contributed by atoms with Crippen molar-refractivity contribution < 1.29 is 19.4 Å². The predicted octanol–water partition coefficient (Wildman–Crippen LogP) is -0.776. The van der Waals surface area contributed by atoms with E-state index in [0.29, 0.717) is 17.4 Å². The van der Waals surface area contributed by atoms with Crippen LogP contribution in [-0.2, 0) is 16.4 Å². The molecule has 0 saturated carbocycles. The SMILES string of the molecule is O.O.[B]c1ccc(CCNS(=O)(=O)c2cccc(C#N)c2)cc1. The van der Waals surface area contributed by atoms with E-state index in [4.69, 9.17) is 13.1 Å². The first-order valence-corrected chi connectivity index (χ1v) is 7.84. The second-order valence-corrected chi connectivity index (χ2v) is 6.30. The fourth-order valence-electron chi connectivity index (χ4n) is 1.83. The molecule has 2 rings (SSSR count). The Morgan fingerprint density at radius 3 is 2.35 bits per heavy atom. The number of nitrogens with one attached hydrogen (secondary N) is 1. The Morgan fingerprint density at radius 1 is 1.09 bits per heavy atom. The van der Waals surface area contributed by atoms with Crippen LogP contribution in [-0.4, -0.2) is 33.8 Å². The van der Waals surface area contributed by atoms with E-state index in [1.807, 2.05) is 18.2 Å². The van der Waals surface area contributed by atoms with Crippen molar-refractivity contribution in [1.82, 2.24) is 4.72 Å². The maximum Gasteiger partial charge on any atom is 0.240 e. The molecule has 120 valence electrons. The zero-order valence-electron chi connectivity index (χ0n) is 12.3. The summed E-state index contributed by atoms with van der Waals surface area (Å²) in [4.78, 5) is 0.0962. The molecule has 2 aromatic rings. The molecule has 0 aromatic heterocycles. The molecule has 2 radical (unpaired) electrons. The highest BCUT2D eigenvalue weighted by Crippen LogP contribution is 2.10. The number of nitrogens with zero attached hydrogens (tertiary/aromatic N) is 1. The van der Waals surface area contributed by atoms with Crippen LogP contribution in [0.3, 0.4) is 0 Å². The van der Waals surface area contributed by atoms with E-state index in [-0.39, 0.29) is 22.4 Å². The van der Waals surface area contributed by atoms with Crippen molar-refractivity contribution >= 4 is 23.3 Å². The molecule has 0 heterocycles. The van der Waals surface area contributed by atoms with E-state index in [0.717, 1.165) is 5.56 Å². The Kier molecular flexibility index (Phi) is 8.22. The van der Waals surface area contributed by atoms with E-state index in [1.54, 1.807) is 24.3 Å². The Morgan fingerprint density at radius 2 is 1.74 bits per heavy atom. The first-order chi connectivity index (χ1) is 10.0. The van der Waals surface area contributed by atoms with Crippen LogP contribution in [0.15, 0.2) is 53.4 Å². The van der Waals surface area contributed by atoms with Crippen molar-refractivity contribution in [2.45, 2.75) is 11.3 Å². The van der Waals surface area contributed by atoms with Gasteiger partial charge < -0.3 is 11.0 Å². The van der Waals surface area contributed by atoms with Crippen molar-refractivity contribution in [3.8, 4) is 6.07 Å². The zero-order valence-corrected chi connectivity index (χ0v) is 13.1. The number of sulfonamides is 1. The van der Waals surface area contributed by atoms with Crippen molar-refractivity contribution in [1.29, 1.82) is 5.26 Å². The van der Waals surface area contributed by atoms with Gasteiger partial charge in [0.2, 0.25) is 10.0 Å². The van der Waals surface area contributed by atoms with Crippen LogP contribution in [0, 0.1) is 11.3 Å². The van der Waals surface area contributed by atoms with Crippen LogP contribution in [0.2, 0.25) is 0 Å². The third-order valence-electron chi connectivity index (χ3n) is 2.96. The van der Waals surface area contributed by atoms with Crippen molar-refractivity contribution in [3.05, 3.63) is 59.7 Å². The molecule has 0 saturated heterocycles. The van der Waals surface area contributed by atoms with Gasteiger partial charge in [-0.05, 0) is 30.2 Å². The molecule has 0 aliphatic rings. The first kappa shape index (κ1) is 20.8. The summed E-state index contributed by atoms with van der Waals surface area (Å²) in [5.74, 6) is 0. The average molecular weight is 332 g/mol. The summed E-state index contributed by atoms with van der Waals surface area (Å²) in [5.41, 5.74) is 1.99. The van der Waals surface area contributed by atoms with Gasteiger partial charge in [0.05, 0.1) is 16.5 Å². The quantitative estimate of drug-likeness (QED) is 0.720. The van der Waals surface area contributed by atoms with Gasteiger partial charge in [-0.25, -0.2) is 13.1 Å². The normalized spacial score (nSPS) is 10.0. The number of nitriles is 1. The van der Waals surface area contributed by atoms with Gasteiger partial charge in [-0.2, -0.15) is 5.26 Å². The Hall–Kier alpha value is -2.18. The lowest BCUT2D eigenvalue weighted by Gasteiger charge is -2.07. The molecule has 0 amide bonds. The second-order valence-electron chi connectivity index (χ2n) is 4.53. The van der Waals surface area contributed by atoms with Crippen LogP contribution < -0.4 is 10.2 Å². The van der Waals surface area contributed by atoms with Gasteiger partial charge in [0.1, 0.15) is 7.85 Å². The third kappa shape index (κ3) is 5.85. The summed E-state index contributed by atoms with van der Waals surface area (Å²) in [7, 11) is 1.99. The summed E-state index contributed by atoms with van der Waals surface area (Å²) in [6.45, 7) is 0.281. The van der Waals surface area contributed by atoms with Crippen LogP contribution in [0.1, 0.15) is 11.1 Å². The molecule has 0 fully saturated rings. The van der Waals surface area contributed by atoms with Gasteiger partial charge in [0.25, 0.3) is 0 Å². The van der Waals surface area contributed by atoms with Gasteiger partial charge in [-0.15, -0.1) is 0 Å². The molecule has 0 aliphatic carbocycles. The van der Waals surface area contributed by atoms with Crippen LogP contribution in [0.25, 0.3) is 0 Å². The highest BCUT2D eigenvalue weighted by atomic mass is 32.2. The number of benzene rings is 2. The second kappa shape index (κ2) is 9.07. The Labute approximate surface area is 136 Å². The minimum absolute atomic E-state index is 0. The van der Waals surface area contributed by atoms with Crippen LogP contribution >= 0.6 is 0 Å². The molecule has 6 nitrogen and oxygen atoms in total. The van der Waals surface area contributed by atoms with E-state index in [2.05, 4.69) is 4.72 Å². The predicted molar refractivity (Wildman–Crippen MR) is 89.1 cm³/mol. The van der Waals surface area contributed by atoms with Gasteiger partial charge in [-0.1, -0.05) is 35.8 Å². The molecular weight excluding hydrogens is 315 g/mol. The number of hydrogen-bond donors (Lipinski definition) is 1. The molecular formula is C15H17BN2O4S. The highest BCUT2D eigenvalue weighted by Gasteiger charge is 2.13. The summed E-state index contributed by atoms with van der Waals surface area (Å²) >= 11 is 0. The van der Waals surface area contributed by atoms with Gasteiger partial charge in [0.15, 0.2) is 0 Å². The number of hydrogen-bond acceptors (Lipinski definition) is 3. The van der Waals surface area contributed by atoms with Gasteiger partial charge in [-0.3, -0.25) is 0 Å². The lowest BCUT2D eigenvalue weighted by Crippen LogP contribution is -2.26. The van der Waals surface area contributed by atoms with Crippen LogP contribution in [0.5, 0.6) is 0 Å². The van der Waals surface area contributed by atoms with E-state index < -0.39 is 10.0 Å². The Balaban J connectivity index is 0.00000242. The van der Waals surface area contributed by atoms with E-state index in [1.165, 1.54) is 12.1 Å². The molecule has 0 unspecified atom stereocenters. The first-order valence-electron chi connectivity index (χ1n) is 6.35. The largest absolute Gasteiger partial charge is 0.412 e. The summed E-state index contributed by atoms with van der Waals surface area (Å²) < 4.78 is 26.7. The molecule has 8 heteroatoms. The average Bonchev–Trinajstić information content (AvgIpc) is 2.49. The summed E-state index contributed by atoms with van der Waals surface area (Å²) in [6, 6.07) is 15.1. The summed E-state index contributed by atoms with van der Waals surface area (Å²) in [6.07, 6.45) is 0.567.